The smallest absolute Gasteiger partial charge is 0.355 e. The molecule has 2 atom stereocenters. The van der Waals surface area contributed by atoms with Crippen LogP contribution in [0.2, 0.25) is 0 Å². The lowest BCUT2D eigenvalue weighted by molar-refractivity contribution is -0.116. The molecule has 6 rings (SSSR count). The largest absolute Gasteiger partial charge is 0.490 e. The van der Waals surface area contributed by atoms with Crippen LogP contribution in [0.5, 0.6) is 5.75 Å². The monoisotopic (exact) mass is 628 g/mol. The topological polar surface area (TPSA) is 140 Å². The summed E-state index contributed by atoms with van der Waals surface area (Å²) in [5.41, 5.74) is 1.85. The predicted molar refractivity (Wildman–Crippen MR) is 172 cm³/mol. The summed E-state index contributed by atoms with van der Waals surface area (Å²) in [5, 5.41) is 18.3. The first-order chi connectivity index (χ1) is 22.2. The summed E-state index contributed by atoms with van der Waals surface area (Å²) in [4.78, 5) is 39.7. The van der Waals surface area contributed by atoms with Gasteiger partial charge in [0.25, 0.3) is 0 Å². The predicted octanol–water partition coefficient (Wildman–Crippen LogP) is 4.35. The molecule has 2 aliphatic rings. The summed E-state index contributed by atoms with van der Waals surface area (Å²) in [6, 6.07) is 7.99. The molecule has 1 aliphatic carbocycles. The lowest BCUT2D eigenvalue weighted by Gasteiger charge is -2.28. The van der Waals surface area contributed by atoms with Crippen molar-refractivity contribution in [3.63, 3.8) is 0 Å². The van der Waals surface area contributed by atoms with Crippen LogP contribution in [0.4, 0.5) is 10.2 Å². The van der Waals surface area contributed by atoms with Crippen LogP contribution in [-0.2, 0) is 9.53 Å². The molecule has 1 saturated carbocycles. The molecule has 46 heavy (non-hydrogen) atoms. The van der Waals surface area contributed by atoms with E-state index < -0.39 is 23.7 Å². The Balaban J connectivity index is 1.63. The molecule has 0 saturated heterocycles. The van der Waals surface area contributed by atoms with E-state index in [9.17, 15) is 14.7 Å². The first kappa shape index (κ1) is 31.3. The number of halogens is 1. The van der Waals surface area contributed by atoms with Crippen LogP contribution in [0, 0.1) is 18.7 Å². The van der Waals surface area contributed by atoms with Crippen LogP contribution in [0.1, 0.15) is 55.5 Å². The highest BCUT2D eigenvalue weighted by molar-refractivity contribution is 5.91. The number of pyridine rings is 2. The fourth-order valence-electron chi connectivity index (χ4n) is 5.66. The molecular formula is C34H37FN6O5. The van der Waals surface area contributed by atoms with E-state index in [0.717, 1.165) is 12.8 Å². The Hall–Kier alpha value is -4.68. The van der Waals surface area contributed by atoms with Crippen LogP contribution in [0.25, 0.3) is 28.0 Å². The van der Waals surface area contributed by atoms with E-state index in [1.165, 1.54) is 16.7 Å². The van der Waals surface area contributed by atoms with Crippen LogP contribution < -0.4 is 21.1 Å². The maximum Gasteiger partial charge on any atom is 0.355 e. The number of aryl methyl sites for hydroxylation is 1. The number of ether oxygens (including phenoxy) is 2. The second kappa shape index (κ2) is 13.0. The third-order valence-corrected chi connectivity index (χ3v) is 8.24. The Morgan fingerprint density at radius 1 is 1.26 bits per heavy atom. The highest BCUT2D eigenvalue weighted by Gasteiger charge is 2.33. The molecule has 1 aromatic carbocycles. The molecule has 0 radical (unpaired) electrons. The van der Waals surface area contributed by atoms with Crippen LogP contribution in [0.15, 0.2) is 54.0 Å². The van der Waals surface area contributed by atoms with Crippen molar-refractivity contribution in [1.29, 1.82) is 0 Å². The minimum Gasteiger partial charge on any atom is -0.490 e. The SMILES string of the molecule is C=CC(=O)NCCNc1nc(=O)n2c3nc(c(C)cc13)-c1c(F)cccc1OCC(OCC1CC1)C(O)c1ccnc(C(C)C)c1-2. The number of anilines is 1. The van der Waals surface area contributed by atoms with Crippen LogP contribution in [-0.4, -0.2) is 62.9 Å². The number of aromatic nitrogens is 4. The average Bonchev–Trinajstić information content (AvgIpc) is 3.87. The van der Waals surface area contributed by atoms with Gasteiger partial charge in [-0.2, -0.15) is 4.98 Å². The molecule has 2 unspecified atom stereocenters. The number of nitrogens with zero attached hydrogens (tertiary/aromatic N) is 4. The van der Waals surface area contributed by atoms with Gasteiger partial charge in [-0.15, -0.1) is 0 Å². The summed E-state index contributed by atoms with van der Waals surface area (Å²) in [7, 11) is 0. The first-order valence-corrected chi connectivity index (χ1v) is 15.5. The third kappa shape index (κ3) is 6.10. The quantitative estimate of drug-likeness (QED) is 0.182. The van der Waals surface area contributed by atoms with Gasteiger partial charge in [0.1, 0.15) is 36.2 Å². The molecule has 3 N–H and O–H groups in total. The van der Waals surface area contributed by atoms with Crippen LogP contribution >= 0.6 is 0 Å². The Morgan fingerprint density at radius 3 is 2.80 bits per heavy atom. The number of fused-ring (bicyclic) bond motifs is 5. The minimum atomic E-state index is -1.23. The van der Waals surface area contributed by atoms with E-state index in [2.05, 4.69) is 27.2 Å². The zero-order chi connectivity index (χ0) is 32.5. The van der Waals surface area contributed by atoms with Gasteiger partial charge in [0.2, 0.25) is 5.91 Å². The minimum absolute atomic E-state index is 0.0737. The first-order valence-electron chi connectivity index (χ1n) is 15.5. The van der Waals surface area contributed by atoms with Gasteiger partial charge < -0.3 is 25.2 Å². The van der Waals surface area contributed by atoms with Gasteiger partial charge in [-0.1, -0.05) is 26.5 Å². The summed E-state index contributed by atoms with van der Waals surface area (Å²) in [5.74, 6) is -0.154. The number of hydrogen-bond donors (Lipinski definition) is 3. The fourth-order valence-corrected chi connectivity index (χ4v) is 5.66. The molecule has 12 heteroatoms. The maximum absolute atomic E-state index is 15.7. The van der Waals surface area contributed by atoms with E-state index in [1.54, 1.807) is 37.4 Å². The van der Waals surface area contributed by atoms with Crippen molar-refractivity contribution >= 4 is 22.8 Å². The molecule has 0 spiro atoms. The number of aliphatic hydroxyl groups excluding tert-OH is 1. The van der Waals surface area contributed by atoms with E-state index in [4.69, 9.17) is 14.5 Å². The lowest BCUT2D eigenvalue weighted by atomic mass is 9.97. The molecule has 240 valence electrons. The summed E-state index contributed by atoms with van der Waals surface area (Å²) < 4.78 is 29.5. The number of carbonyl (C=O) groups excluding carboxylic acids is 1. The molecule has 4 heterocycles. The molecular weight excluding hydrogens is 591 g/mol. The molecule has 4 aromatic rings. The molecule has 1 aliphatic heterocycles. The molecule has 1 fully saturated rings. The van der Waals surface area contributed by atoms with Crippen LogP contribution in [0.3, 0.4) is 0 Å². The van der Waals surface area contributed by atoms with Gasteiger partial charge in [0.05, 0.1) is 34.6 Å². The second-order valence-corrected chi connectivity index (χ2v) is 12.0. The zero-order valence-corrected chi connectivity index (χ0v) is 26.0. The Kier molecular flexibility index (Phi) is 8.83. The maximum atomic E-state index is 15.7. The Bertz CT molecular complexity index is 1870. The van der Waals surface area contributed by atoms with Crippen molar-refractivity contribution in [2.75, 3.05) is 31.6 Å². The average molecular weight is 629 g/mol. The third-order valence-electron chi connectivity index (χ3n) is 8.24. The van der Waals surface area contributed by atoms with Crippen molar-refractivity contribution < 1.29 is 23.8 Å². The number of carbonyl (C=O) groups is 1. The number of benzene rings is 1. The fraction of sp³-hybridized carbons (Fsp3) is 0.382. The number of rotatable bonds is 9. The Morgan fingerprint density at radius 2 is 2.07 bits per heavy atom. The second-order valence-electron chi connectivity index (χ2n) is 12.0. The van der Waals surface area contributed by atoms with Crippen molar-refractivity contribution in [1.82, 2.24) is 24.8 Å². The van der Waals surface area contributed by atoms with Crippen molar-refractivity contribution in [2.45, 2.75) is 51.7 Å². The van der Waals surface area contributed by atoms with E-state index in [1.807, 2.05) is 13.8 Å². The highest BCUT2D eigenvalue weighted by atomic mass is 19.1. The normalized spacial score (nSPS) is 17.4. The number of aliphatic hydroxyl groups is 1. The Labute approximate surface area is 265 Å². The van der Waals surface area contributed by atoms with Gasteiger partial charge >= 0.3 is 5.69 Å². The molecule has 11 nitrogen and oxygen atoms in total. The van der Waals surface area contributed by atoms with Gasteiger partial charge in [-0.3, -0.25) is 9.78 Å². The number of nitrogens with one attached hydrogen (secondary N) is 2. The van der Waals surface area contributed by atoms with E-state index in [0.29, 0.717) is 40.4 Å². The standard InChI is InChI=1S/C34H37FN6O5/c1-5-26(42)36-13-14-38-32-22-15-19(4)29-27-23(35)7-6-8-24(27)46-17-25(45-16-20-9-10-20)31(43)21-11-12-37-28(18(2)3)30(21)41(33(22)39-29)34(44)40-32/h5-8,11-12,15,18,20,25,31,43H,1,9-10,13-14,16-17H2,2-4H3,(H,36,42)(H,38,40,44). The van der Waals surface area contributed by atoms with E-state index >= 15 is 4.39 Å². The van der Waals surface area contributed by atoms with Crippen molar-refractivity contribution in [2.24, 2.45) is 5.92 Å². The summed E-state index contributed by atoms with van der Waals surface area (Å²) in [6.45, 7) is 10.0. The van der Waals surface area contributed by atoms with Gasteiger partial charge in [-0.05, 0) is 67.5 Å². The van der Waals surface area contributed by atoms with Gasteiger partial charge in [-0.25, -0.2) is 18.7 Å². The van der Waals surface area contributed by atoms with Crippen molar-refractivity contribution in [3.8, 4) is 22.7 Å². The zero-order valence-electron chi connectivity index (χ0n) is 26.0. The number of hydrogen-bond acceptors (Lipinski definition) is 9. The summed E-state index contributed by atoms with van der Waals surface area (Å²) in [6.07, 6.45) is 2.81. The number of amides is 1. The molecule has 1 amide bonds. The highest BCUT2D eigenvalue weighted by Crippen LogP contribution is 2.39. The van der Waals surface area contributed by atoms with Gasteiger partial charge in [0, 0.05) is 24.8 Å². The molecule has 2 bridgehead atoms. The lowest BCUT2D eigenvalue weighted by Crippen LogP contribution is -2.33. The summed E-state index contributed by atoms with van der Waals surface area (Å²) >= 11 is 0. The van der Waals surface area contributed by atoms with E-state index in [-0.39, 0.29) is 60.0 Å². The molecule has 3 aromatic heterocycles. The van der Waals surface area contributed by atoms with Gasteiger partial charge in [0.15, 0.2) is 5.65 Å². The van der Waals surface area contributed by atoms with Crippen molar-refractivity contribution in [3.05, 3.63) is 82.3 Å².